The van der Waals surface area contributed by atoms with Crippen molar-refractivity contribution in [2.75, 3.05) is 21.2 Å². The van der Waals surface area contributed by atoms with E-state index in [1.807, 2.05) is 0 Å². The van der Waals surface area contributed by atoms with Crippen LogP contribution < -0.4 is 4.74 Å². The second kappa shape index (κ2) is 8.03. The number of halogens is 1. The molecule has 8 heteroatoms. The second-order valence-electron chi connectivity index (χ2n) is 5.55. The summed E-state index contributed by atoms with van der Waals surface area (Å²) in [7, 11) is 0.799. The first kappa shape index (κ1) is 20.2. The first-order valence-corrected chi connectivity index (χ1v) is 9.71. The van der Waals surface area contributed by atoms with E-state index in [-0.39, 0.29) is 16.4 Å². The van der Waals surface area contributed by atoms with Crippen LogP contribution in [0.3, 0.4) is 0 Å². The number of rotatable bonds is 6. The van der Waals surface area contributed by atoms with Gasteiger partial charge in [-0.15, -0.1) is 0 Å². The molecule has 0 fully saturated rings. The molecule has 1 N–H and O–H groups in total. The third kappa shape index (κ3) is 4.32. The number of carbonyl (C=O) groups is 1. The van der Waals surface area contributed by atoms with Gasteiger partial charge in [-0.3, -0.25) is 4.79 Å². The van der Waals surface area contributed by atoms with E-state index in [2.05, 4.69) is 15.9 Å². The Labute approximate surface area is 160 Å². The average Bonchev–Trinajstić information content (AvgIpc) is 2.61. The normalized spacial score (nSPS) is 11.9. The molecule has 0 aromatic heterocycles. The Morgan fingerprint density at radius 2 is 1.81 bits per heavy atom. The highest BCUT2D eigenvalue weighted by Crippen LogP contribution is 2.33. The smallest absolute Gasteiger partial charge is 0.242 e. The number of carbonyl (C=O) groups excluding carboxylic acids is 1. The number of hydrogen-bond donors (Lipinski definition) is 1. The maximum atomic E-state index is 12.3. The van der Waals surface area contributed by atoms with E-state index in [1.54, 1.807) is 12.1 Å². The fourth-order valence-corrected chi connectivity index (χ4v) is 3.47. The highest BCUT2D eigenvalue weighted by Gasteiger charge is 2.17. The van der Waals surface area contributed by atoms with Crippen LogP contribution in [0.15, 0.2) is 51.8 Å². The highest BCUT2D eigenvalue weighted by atomic mass is 79.9. The molecule has 2 aromatic carbocycles. The molecule has 0 aliphatic rings. The van der Waals surface area contributed by atoms with Crippen molar-refractivity contribution in [1.29, 1.82) is 0 Å². The third-order valence-electron chi connectivity index (χ3n) is 3.63. The number of methoxy groups -OCH3 is 1. The molecule has 0 saturated heterocycles. The van der Waals surface area contributed by atoms with Crippen LogP contribution in [0.1, 0.15) is 15.9 Å². The lowest BCUT2D eigenvalue weighted by Crippen LogP contribution is -2.22. The summed E-state index contributed by atoms with van der Waals surface area (Å²) < 4.78 is 30.8. The Morgan fingerprint density at radius 3 is 2.35 bits per heavy atom. The summed E-state index contributed by atoms with van der Waals surface area (Å²) in [6, 6.07) is 8.78. The van der Waals surface area contributed by atoms with Crippen LogP contribution in [-0.4, -0.2) is 44.8 Å². The fourth-order valence-electron chi connectivity index (χ4n) is 2.11. The highest BCUT2D eigenvalue weighted by molar-refractivity contribution is 9.10. The van der Waals surface area contributed by atoms with Gasteiger partial charge in [-0.05, 0) is 54.1 Å². The first-order valence-electron chi connectivity index (χ1n) is 7.48. The van der Waals surface area contributed by atoms with Crippen molar-refractivity contribution >= 4 is 37.8 Å². The molecule has 2 aromatic rings. The molecule has 0 aliphatic carbocycles. The number of nitrogens with zero attached hydrogens (tertiary/aromatic N) is 1. The standard InChI is InChI=1S/C18H18BrNO5S/c1-20(2)26(23,24)14-7-4-12(5-8-14)16(21)9-6-13-10-17(22)18(25-3)11-15(13)19/h4-11,22H,1-3H3/b9-6+. The lowest BCUT2D eigenvalue weighted by molar-refractivity contribution is 0.104. The molecule has 0 bridgehead atoms. The van der Waals surface area contributed by atoms with Gasteiger partial charge in [0.15, 0.2) is 17.3 Å². The SMILES string of the molecule is COc1cc(Br)c(/C=C/C(=O)c2ccc(S(=O)(=O)N(C)C)cc2)cc1O. The lowest BCUT2D eigenvalue weighted by Gasteiger charge is -2.11. The van der Waals surface area contributed by atoms with Gasteiger partial charge in [0, 0.05) is 24.1 Å². The molecule has 0 radical (unpaired) electrons. The minimum Gasteiger partial charge on any atom is -0.504 e. The number of allylic oxidation sites excluding steroid dienone is 1. The van der Waals surface area contributed by atoms with E-state index in [0.29, 0.717) is 21.3 Å². The van der Waals surface area contributed by atoms with E-state index < -0.39 is 10.0 Å². The molecule has 0 heterocycles. The quantitative estimate of drug-likeness (QED) is 0.551. The molecule has 0 unspecified atom stereocenters. The van der Waals surface area contributed by atoms with Crippen molar-refractivity contribution < 1.29 is 23.1 Å². The van der Waals surface area contributed by atoms with Crippen LogP contribution in [-0.2, 0) is 10.0 Å². The molecule has 0 amide bonds. The third-order valence-corrected chi connectivity index (χ3v) is 6.15. The lowest BCUT2D eigenvalue weighted by atomic mass is 10.1. The summed E-state index contributed by atoms with van der Waals surface area (Å²) in [5, 5.41) is 9.82. The summed E-state index contributed by atoms with van der Waals surface area (Å²) in [5.74, 6) is -0.0138. The summed E-state index contributed by atoms with van der Waals surface area (Å²) in [6.07, 6.45) is 2.90. The minimum atomic E-state index is -3.53. The Kier molecular flexibility index (Phi) is 6.22. The van der Waals surface area contributed by atoms with Crippen molar-refractivity contribution in [3.05, 3.63) is 58.1 Å². The van der Waals surface area contributed by atoms with Gasteiger partial charge in [-0.25, -0.2) is 12.7 Å². The molecule has 138 valence electrons. The van der Waals surface area contributed by atoms with E-state index in [9.17, 15) is 18.3 Å². The molecule has 26 heavy (non-hydrogen) atoms. The number of ether oxygens (including phenoxy) is 1. The van der Waals surface area contributed by atoms with Crippen LogP contribution in [0.25, 0.3) is 6.08 Å². The molecular formula is C18H18BrNO5S. The van der Waals surface area contributed by atoms with Crippen molar-refractivity contribution in [2.45, 2.75) is 4.90 Å². The summed E-state index contributed by atoms with van der Waals surface area (Å²) in [5.41, 5.74) is 0.955. The molecule has 0 spiro atoms. The van der Waals surface area contributed by atoms with Gasteiger partial charge in [0.25, 0.3) is 0 Å². The van der Waals surface area contributed by atoms with Gasteiger partial charge >= 0.3 is 0 Å². The molecule has 2 rings (SSSR count). The molecule has 0 aliphatic heterocycles. The number of phenols is 1. The van der Waals surface area contributed by atoms with Gasteiger partial charge in [-0.2, -0.15) is 0 Å². The van der Waals surface area contributed by atoms with Crippen LogP contribution in [0.5, 0.6) is 11.5 Å². The minimum absolute atomic E-state index is 0.0407. The van der Waals surface area contributed by atoms with E-state index in [1.165, 1.54) is 57.6 Å². The van der Waals surface area contributed by atoms with E-state index in [0.717, 1.165) is 4.31 Å². The number of hydrogen-bond acceptors (Lipinski definition) is 5. The first-order chi connectivity index (χ1) is 12.2. The molecule has 0 saturated carbocycles. The van der Waals surface area contributed by atoms with Crippen molar-refractivity contribution in [3.8, 4) is 11.5 Å². The number of phenolic OH excluding ortho intramolecular Hbond substituents is 1. The maximum absolute atomic E-state index is 12.3. The summed E-state index contributed by atoms with van der Waals surface area (Å²) in [6.45, 7) is 0. The molecule has 6 nitrogen and oxygen atoms in total. The van der Waals surface area contributed by atoms with Crippen LogP contribution in [0, 0.1) is 0 Å². The number of sulfonamides is 1. The fraction of sp³-hybridized carbons (Fsp3) is 0.167. The van der Waals surface area contributed by atoms with Gasteiger partial charge in [-0.1, -0.05) is 15.9 Å². The van der Waals surface area contributed by atoms with Gasteiger partial charge in [0.05, 0.1) is 12.0 Å². The van der Waals surface area contributed by atoms with E-state index in [4.69, 9.17) is 4.74 Å². The van der Waals surface area contributed by atoms with Crippen LogP contribution in [0.4, 0.5) is 0 Å². The predicted molar refractivity (Wildman–Crippen MR) is 103 cm³/mol. The zero-order chi connectivity index (χ0) is 19.5. The van der Waals surface area contributed by atoms with Crippen molar-refractivity contribution in [3.63, 3.8) is 0 Å². The largest absolute Gasteiger partial charge is 0.504 e. The Balaban J connectivity index is 2.23. The Bertz CT molecular complexity index is 950. The number of benzene rings is 2. The topological polar surface area (TPSA) is 83.9 Å². The van der Waals surface area contributed by atoms with Crippen molar-refractivity contribution in [2.24, 2.45) is 0 Å². The van der Waals surface area contributed by atoms with E-state index >= 15 is 0 Å². The maximum Gasteiger partial charge on any atom is 0.242 e. The Hall–Kier alpha value is -2.16. The number of aromatic hydroxyl groups is 1. The Morgan fingerprint density at radius 1 is 1.19 bits per heavy atom. The number of ketones is 1. The van der Waals surface area contributed by atoms with Gasteiger partial charge < -0.3 is 9.84 Å². The zero-order valence-corrected chi connectivity index (χ0v) is 16.8. The van der Waals surface area contributed by atoms with Crippen molar-refractivity contribution in [1.82, 2.24) is 4.31 Å². The van der Waals surface area contributed by atoms with Gasteiger partial charge in [0.2, 0.25) is 10.0 Å². The predicted octanol–water partition coefficient (Wildman–Crippen LogP) is 3.31. The van der Waals surface area contributed by atoms with Crippen LogP contribution >= 0.6 is 15.9 Å². The second-order valence-corrected chi connectivity index (χ2v) is 8.56. The van der Waals surface area contributed by atoms with Crippen LogP contribution in [0.2, 0.25) is 0 Å². The summed E-state index contributed by atoms with van der Waals surface area (Å²) >= 11 is 3.35. The molecule has 0 atom stereocenters. The zero-order valence-electron chi connectivity index (χ0n) is 14.4. The monoisotopic (exact) mass is 439 g/mol. The average molecular weight is 440 g/mol. The van der Waals surface area contributed by atoms with Gasteiger partial charge in [0.1, 0.15) is 0 Å². The summed E-state index contributed by atoms with van der Waals surface area (Å²) in [4.78, 5) is 12.4. The molecular weight excluding hydrogens is 422 g/mol.